The summed E-state index contributed by atoms with van der Waals surface area (Å²) in [5, 5.41) is 9.68. The fourth-order valence-electron chi connectivity index (χ4n) is 5.93. The number of hydrogen-bond donors (Lipinski definition) is 2. The van der Waals surface area contributed by atoms with Crippen LogP contribution in [0.2, 0.25) is 0 Å². The van der Waals surface area contributed by atoms with Crippen molar-refractivity contribution < 1.29 is 36.6 Å². The van der Waals surface area contributed by atoms with Crippen LogP contribution in [0.25, 0.3) is 11.3 Å². The minimum atomic E-state index is -4.40. The minimum Gasteiger partial charge on any atom is -0.481 e. The highest BCUT2D eigenvalue weighted by Crippen LogP contribution is 2.43. The molecular formula is C25H29F4N5O4. The first kappa shape index (κ1) is 26.4. The van der Waals surface area contributed by atoms with Crippen molar-refractivity contribution in [2.75, 3.05) is 13.7 Å². The Morgan fingerprint density at radius 3 is 2.66 bits per heavy atom. The number of H-pyrrole nitrogens is 1. The lowest BCUT2D eigenvalue weighted by Gasteiger charge is -2.39. The van der Waals surface area contributed by atoms with Crippen molar-refractivity contribution in [3.8, 4) is 17.1 Å². The fourth-order valence-corrected chi connectivity index (χ4v) is 5.93. The predicted octanol–water partition coefficient (Wildman–Crippen LogP) is 3.47. The first-order chi connectivity index (χ1) is 18.0. The monoisotopic (exact) mass is 539 g/mol. The molecule has 2 amide bonds. The molecule has 13 heteroatoms. The molecule has 5 rings (SSSR count). The molecule has 3 fully saturated rings. The molecule has 206 valence electrons. The number of carbonyl (C=O) groups excluding carboxylic acids is 2. The third kappa shape index (κ3) is 5.07. The average Bonchev–Trinajstić information content (AvgIpc) is 3.44. The predicted molar refractivity (Wildman–Crippen MR) is 126 cm³/mol. The Kier molecular flexibility index (Phi) is 7.05. The summed E-state index contributed by atoms with van der Waals surface area (Å²) in [5.74, 6) is -1.07. The van der Waals surface area contributed by atoms with Crippen LogP contribution in [0.3, 0.4) is 0 Å². The molecule has 2 aromatic heterocycles. The highest BCUT2D eigenvalue weighted by atomic mass is 19.4. The fraction of sp³-hybridized carbons (Fsp3) is 0.600. The third-order valence-corrected chi connectivity index (χ3v) is 7.85. The number of ether oxygens (including phenoxy) is 2. The number of carbonyl (C=O) groups is 2. The molecule has 0 spiro atoms. The Balaban J connectivity index is 1.23. The summed E-state index contributed by atoms with van der Waals surface area (Å²) in [6.07, 6.45) is -3.53. The van der Waals surface area contributed by atoms with E-state index < -0.39 is 24.1 Å². The number of halogens is 4. The van der Waals surface area contributed by atoms with Crippen LogP contribution >= 0.6 is 0 Å². The van der Waals surface area contributed by atoms with E-state index in [1.807, 2.05) is 6.92 Å². The van der Waals surface area contributed by atoms with Crippen molar-refractivity contribution in [3.05, 3.63) is 29.8 Å². The molecule has 5 heterocycles. The maximum absolute atomic E-state index is 14.3. The summed E-state index contributed by atoms with van der Waals surface area (Å²) in [6, 6.07) is 2.07. The van der Waals surface area contributed by atoms with Crippen LogP contribution in [0.4, 0.5) is 17.6 Å². The van der Waals surface area contributed by atoms with Crippen LogP contribution in [0.1, 0.15) is 49.5 Å². The van der Waals surface area contributed by atoms with Gasteiger partial charge in [0.05, 0.1) is 31.6 Å². The van der Waals surface area contributed by atoms with E-state index in [2.05, 4.69) is 20.5 Å². The van der Waals surface area contributed by atoms with Crippen LogP contribution in [0, 0.1) is 17.7 Å². The number of rotatable bonds is 5. The van der Waals surface area contributed by atoms with Crippen LogP contribution in [0.15, 0.2) is 18.3 Å². The van der Waals surface area contributed by atoms with Gasteiger partial charge >= 0.3 is 6.18 Å². The first-order valence-corrected chi connectivity index (χ1v) is 12.6. The molecule has 3 aliphatic heterocycles. The molecule has 6 atom stereocenters. The van der Waals surface area contributed by atoms with Crippen LogP contribution < -0.4 is 10.1 Å². The zero-order valence-electron chi connectivity index (χ0n) is 20.9. The van der Waals surface area contributed by atoms with Crippen LogP contribution in [-0.2, 0) is 9.53 Å². The standard InChI is InChI=1S/C25H29F4N5O4/c1-12-5-15-6-13(23(35)31-14-3-4-21(38-11-14)25(27,28)29)7-20(12)34(15)24(36)19-9-18(32-33-19)16-8-22(37-2)30-10-17(16)26/h8-10,12-15,20-21H,3-7,11H2,1-2H3,(H,31,35)(H,32,33)/t12-,13+,14+,15+,20?,21-/m0/s1. The molecular weight excluding hydrogens is 510 g/mol. The van der Waals surface area contributed by atoms with Gasteiger partial charge in [-0.2, -0.15) is 18.3 Å². The molecule has 2 bridgehead atoms. The number of methoxy groups -OCH3 is 1. The van der Waals surface area contributed by atoms with E-state index in [4.69, 9.17) is 9.47 Å². The Morgan fingerprint density at radius 2 is 2.00 bits per heavy atom. The van der Waals surface area contributed by atoms with Gasteiger partial charge < -0.3 is 19.7 Å². The number of nitrogens with one attached hydrogen (secondary N) is 2. The van der Waals surface area contributed by atoms with Crippen molar-refractivity contribution in [2.45, 2.75) is 69.4 Å². The van der Waals surface area contributed by atoms with E-state index in [0.29, 0.717) is 12.8 Å². The number of amides is 2. The van der Waals surface area contributed by atoms with E-state index in [1.165, 1.54) is 19.2 Å². The summed E-state index contributed by atoms with van der Waals surface area (Å²) in [6.45, 7) is 1.86. The maximum atomic E-state index is 14.3. The molecule has 38 heavy (non-hydrogen) atoms. The molecule has 0 radical (unpaired) electrons. The van der Waals surface area contributed by atoms with E-state index in [-0.39, 0.29) is 78.0 Å². The molecule has 3 aliphatic rings. The van der Waals surface area contributed by atoms with Gasteiger partial charge in [0.25, 0.3) is 5.91 Å². The Morgan fingerprint density at radius 1 is 1.21 bits per heavy atom. The number of piperidine rings is 1. The second-order valence-corrected chi connectivity index (χ2v) is 10.3. The maximum Gasteiger partial charge on any atom is 0.414 e. The average molecular weight is 540 g/mol. The van der Waals surface area contributed by atoms with Crippen molar-refractivity contribution in [3.63, 3.8) is 0 Å². The van der Waals surface area contributed by atoms with E-state index in [1.54, 1.807) is 4.90 Å². The van der Waals surface area contributed by atoms with Gasteiger partial charge in [0.2, 0.25) is 11.8 Å². The Labute approximate surface area is 216 Å². The zero-order valence-corrected chi connectivity index (χ0v) is 20.9. The van der Waals surface area contributed by atoms with Crippen molar-refractivity contribution in [1.29, 1.82) is 0 Å². The Hall–Kier alpha value is -3.22. The van der Waals surface area contributed by atoms with Gasteiger partial charge in [-0.3, -0.25) is 14.7 Å². The largest absolute Gasteiger partial charge is 0.481 e. The van der Waals surface area contributed by atoms with Crippen LogP contribution in [0.5, 0.6) is 5.88 Å². The van der Waals surface area contributed by atoms with Gasteiger partial charge in [-0.1, -0.05) is 6.92 Å². The number of alkyl halides is 3. The number of fused-ring (bicyclic) bond motifs is 2. The molecule has 3 saturated heterocycles. The highest BCUT2D eigenvalue weighted by molar-refractivity contribution is 5.94. The van der Waals surface area contributed by atoms with E-state index in [0.717, 1.165) is 12.6 Å². The van der Waals surface area contributed by atoms with Gasteiger partial charge in [0.15, 0.2) is 11.9 Å². The highest BCUT2D eigenvalue weighted by Gasteiger charge is 2.49. The second-order valence-electron chi connectivity index (χ2n) is 10.3. The quantitative estimate of drug-likeness (QED) is 0.564. The van der Waals surface area contributed by atoms with Crippen molar-refractivity contribution in [2.24, 2.45) is 11.8 Å². The number of aromatic amines is 1. The van der Waals surface area contributed by atoms with Gasteiger partial charge in [0, 0.05) is 29.6 Å². The van der Waals surface area contributed by atoms with Crippen molar-refractivity contribution >= 4 is 11.8 Å². The normalized spacial score (nSPS) is 29.3. The molecule has 2 aromatic rings. The number of nitrogens with zero attached hydrogens (tertiary/aromatic N) is 3. The SMILES string of the molecule is COc1cc(-c2cc(C(=O)N3C4C[C@H](C(=O)N[C@@H]5CC[C@@H](C(F)(F)F)OC5)C[C@H]3C[C@@H]4C)[nH]n2)c(F)cn1. The summed E-state index contributed by atoms with van der Waals surface area (Å²) in [4.78, 5) is 32.1. The summed E-state index contributed by atoms with van der Waals surface area (Å²) < 4.78 is 62.8. The molecule has 9 nitrogen and oxygen atoms in total. The second kappa shape index (κ2) is 10.2. The summed E-state index contributed by atoms with van der Waals surface area (Å²) in [7, 11) is 1.41. The minimum absolute atomic E-state index is 0.145. The molecule has 0 aliphatic carbocycles. The number of aromatic nitrogens is 3. The van der Waals surface area contributed by atoms with Crippen molar-refractivity contribution in [1.82, 2.24) is 25.4 Å². The lowest BCUT2D eigenvalue weighted by Crippen LogP contribution is -2.53. The third-order valence-electron chi connectivity index (χ3n) is 7.85. The zero-order chi connectivity index (χ0) is 27.2. The lowest BCUT2D eigenvalue weighted by molar-refractivity contribution is -0.232. The summed E-state index contributed by atoms with van der Waals surface area (Å²) in [5.41, 5.74) is 0.594. The van der Waals surface area contributed by atoms with Crippen LogP contribution in [-0.4, -0.2) is 76.0 Å². The van der Waals surface area contributed by atoms with E-state index in [9.17, 15) is 27.2 Å². The van der Waals surface area contributed by atoms with Gasteiger partial charge in [-0.05, 0) is 44.1 Å². The first-order valence-electron chi connectivity index (χ1n) is 12.6. The topological polar surface area (TPSA) is 109 Å². The van der Waals surface area contributed by atoms with E-state index >= 15 is 0 Å². The van der Waals surface area contributed by atoms with Gasteiger partial charge in [0.1, 0.15) is 5.69 Å². The van der Waals surface area contributed by atoms with Gasteiger partial charge in [-0.25, -0.2) is 9.37 Å². The molecule has 0 saturated carbocycles. The number of pyridine rings is 1. The molecule has 2 N–H and O–H groups in total. The Bertz CT molecular complexity index is 1200. The van der Waals surface area contributed by atoms with Gasteiger partial charge in [-0.15, -0.1) is 0 Å². The summed E-state index contributed by atoms with van der Waals surface area (Å²) >= 11 is 0. The lowest BCUT2D eigenvalue weighted by atomic mass is 9.88. The molecule has 0 aromatic carbocycles. The number of hydrogen-bond acceptors (Lipinski definition) is 6. The molecule has 1 unspecified atom stereocenters. The smallest absolute Gasteiger partial charge is 0.414 e.